The second kappa shape index (κ2) is 5.86. The van der Waals surface area contributed by atoms with Crippen LogP contribution in [0.15, 0.2) is 30.5 Å². The number of aromatic nitrogens is 2. The number of hydrogen-bond donors (Lipinski definition) is 1. The maximum Gasteiger partial charge on any atom is 0.276 e. The van der Waals surface area contributed by atoms with Crippen molar-refractivity contribution in [2.75, 3.05) is 12.4 Å². The Bertz CT molecular complexity index is 620. The number of rotatable bonds is 3. The van der Waals surface area contributed by atoms with Gasteiger partial charge in [0.2, 0.25) is 5.88 Å². The van der Waals surface area contributed by atoms with Crippen LogP contribution in [0.25, 0.3) is 0 Å². The Labute approximate surface area is 119 Å². The zero-order valence-electron chi connectivity index (χ0n) is 9.85. The number of carbonyl (C=O) groups is 1. The lowest BCUT2D eigenvalue weighted by Crippen LogP contribution is -2.15. The lowest BCUT2D eigenvalue weighted by molar-refractivity contribution is 0.102. The van der Waals surface area contributed by atoms with Crippen molar-refractivity contribution in [1.29, 1.82) is 0 Å². The number of ether oxygens (including phenoxy) is 1. The predicted octanol–water partition coefficient (Wildman–Crippen LogP) is 3.04. The number of nitrogens with one attached hydrogen (secondary N) is 1. The van der Waals surface area contributed by atoms with E-state index in [0.717, 1.165) is 0 Å². The van der Waals surface area contributed by atoms with Gasteiger partial charge in [-0.2, -0.15) is 0 Å². The average Bonchev–Trinajstić information content (AvgIpc) is 2.42. The van der Waals surface area contributed by atoms with E-state index < -0.39 is 5.91 Å². The van der Waals surface area contributed by atoms with E-state index in [1.807, 2.05) is 0 Å². The number of halogens is 2. The Morgan fingerprint density at radius 3 is 2.84 bits per heavy atom. The Morgan fingerprint density at radius 2 is 2.11 bits per heavy atom. The molecule has 0 unspecified atom stereocenters. The molecule has 0 atom stereocenters. The molecule has 0 aromatic carbocycles. The lowest BCUT2D eigenvalue weighted by Gasteiger charge is -2.09. The summed E-state index contributed by atoms with van der Waals surface area (Å²) >= 11 is 11.6. The van der Waals surface area contributed by atoms with E-state index in [-0.39, 0.29) is 15.9 Å². The fourth-order valence-electron chi connectivity index (χ4n) is 1.41. The first kappa shape index (κ1) is 13.6. The van der Waals surface area contributed by atoms with Crippen LogP contribution in [0.1, 0.15) is 10.5 Å². The number of amides is 1. The summed E-state index contributed by atoms with van der Waals surface area (Å²) in [5.41, 5.74) is 0.466. The number of methoxy groups -OCH3 is 1. The fraction of sp³-hybridized carbons (Fsp3) is 0.0833. The molecule has 98 valence electrons. The first-order valence-electron chi connectivity index (χ1n) is 5.24. The molecule has 0 spiro atoms. The summed E-state index contributed by atoms with van der Waals surface area (Å²) in [7, 11) is 1.46. The predicted molar refractivity (Wildman–Crippen MR) is 73.0 cm³/mol. The number of hydrogen-bond acceptors (Lipinski definition) is 4. The molecule has 2 rings (SSSR count). The van der Waals surface area contributed by atoms with Gasteiger partial charge in [-0.15, -0.1) is 0 Å². The summed E-state index contributed by atoms with van der Waals surface area (Å²) in [6.07, 6.45) is 1.55. The summed E-state index contributed by atoms with van der Waals surface area (Å²) < 4.78 is 5.03. The first-order valence-corrected chi connectivity index (χ1v) is 6.00. The molecule has 0 bridgehead atoms. The zero-order chi connectivity index (χ0) is 13.8. The standard InChI is InChI=1S/C12H9Cl2N3O2/c1-19-12-8(3-2-6-15-12)16-11(18)10-7(13)4-5-9(14)17-10/h2-6H,1H3,(H,16,18). The zero-order valence-corrected chi connectivity index (χ0v) is 11.4. The smallest absolute Gasteiger partial charge is 0.276 e. The van der Waals surface area contributed by atoms with Crippen molar-refractivity contribution in [2.24, 2.45) is 0 Å². The molecule has 0 fully saturated rings. The molecule has 0 radical (unpaired) electrons. The highest BCUT2D eigenvalue weighted by Gasteiger charge is 2.15. The van der Waals surface area contributed by atoms with E-state index in [2.05, 4.69) is 15.3 Å². The minimum Gasteiger partial charge on any atom is -0.480 e. The van der Waals surface area contributed by atoms with Crippen molar-refractivity contribution in [3.8, 4) is 5.88 Å². The quantitative estimate of drug-likeness (QED) is 0.885. The molecule has 0 saturated carbocycles. The van der Waals surface area contributed by atoms with E-state index in [4.69, 9.17) is 27.9 Å². The van der Waals surface area contributed by atoms with Crippen molar-refractivity contribution in [3.05, 3.63) is 46.3 Å². The highest BCUT2D eigenvalue weighted by atomic mass is 35.5. The SMILES string of the molecule is COc1ncccc1NC(=O)c1nc(Cl)ccc1Cl. The Balaban J connectivity index is 2.28. The molecule has 0 aliphatic rings. The molecule has 0 aliphatic carbocycles. The number of nitrogens with zero attached hydrogens (tertiary/aromatic N) is 2. The molecule has 0 saturated heterocycles. The maximum absolute atomic E-state index is 12.1. The van der Waals surface area contributed by atoms with Crippen molar-refractivity contribution in [2.45, 2.75) is 0 Å². The normalized spacial score (nSPS) is 10.1. The van der Waals surface area contributed by atoms with E-state index >= 15 is 0 Å². The van der Waals surface area contributed by atoms with Gasteiger partial charge in [-0.05, 0) is 24.3 Å². The second-order valence-corrected chi connectivity index (χ2v) is 4.27. The number of pyridine rings is 2. The van der Waals surface area contributed by atoms with Gasteiger partial charge in [-0.25, -0.2) is 9.97 Å². The van der Waals surface area contributed by atoms with Crippen LogP contribution < -0.4 is 10.1 Å². The fourth-order valence-corrected chi connectivity index (χ4v) is 1.75. The van der Waals surface area contributed by atoms with Gasteiger partial charge in [0.1, 0.15) is 16.5 Å². The molecule has 2 heterocycles. The van der Waals surface area contributed by atoms with Crippen molar-refractivity contribution < 1.29 is 9.53 Å². The van der Waals surface area contributed by atoms with Gasteiger partial charge in [0.25, 0.3) is 5.91 Å². The van der Waals surface area contributed by atoms with Gasteiger partial charge >= 0.3 is 0 Å². The van der Waals surface area contributed by atoms with Crippen molar-refractivity contribution >= 4 is 34.8 Å². The monoisotopic (exact) mass is 297 g/mol. The number of carbonyl (C=O) groups excluding carboxylic acids is 1. The molecule has 1 amide bonds. The van der Waals surface area contributed by atoms with E-state index in [0.29, 0.717) is 11.6 Å². The summed E-state index contributed by atoms with van der Waals surface area (Å²) in [6, 6.07) is 6.34. The molecule has 0 aliphatic heterocycles. The average molecular weight is 298 g/mol. The third kappa shape index (κ3) is 3.13. The minimum absolute atomic E-state index is 0.0417. The largest absolute Gasteiger partial charge is 0.480 e. The Hall–Kier alpha value is -1.85. The van der Waals surface area contributed by atoms with Crippen LogP contribution in [0, 0.1) is 0 Å². The van der Waals surface area contributed by atoms with Crippen LogP contribution in [-0.4, -0.2) is 23.0 Å². The third-order valence-electron chi connectivity index (χ3n) is 2.24. The summed E-state index contributed by atoms with van der Waals surface area (Å²) in [6.45, 7) is 0. The summed E-state index contributed by atoms with van der Waals surface area (Å²) in [4.78, 5) is 19.9. The van der Waals surface area contributed by atoms with Crippen LogP contribution in [0.5, 0.6) is 5.88 Å². The van der Waals surface area contributed by atoms with Crippen molar-refractivity contribution in [3.63, 3.8) is 0 Å². The molecule has 2 aromatic rings. The molecular formula is C12H9Cl2N3O2. The van der Waals surface area contributed by atoms with Crippen molar-refractivity contribution in [1.82, 2.24) is 9.97 Å². The van der Waals surface area contributed by atoms with E-state index in [1.165, 1.54) is 19.2 Å². The first-order chi connectivity index (χ1) is 9.11. The molecule has 19 heavy (non-hydrogen) atoms. The van der Waals surface area contributed by atoms with Gasteiger partial charge in [-0.1, -0.05) is 23.2 Å². The summed E-state index contributed by atoms with van der Waals surface area (Å²) in [5, 5.41) is 3.01. The topological polar surface area (TPSA) is 64.1 Å². The molecule has 5 nitrogen and oxygen atoms in total. The van der Waals surface area contributed by atoms with Gasteiger partial charge in [-0.3, -0.25) is 4.79 Å². The molecule has 2 aromatic heterocycles. The van der Waals surface area contributed by atoms with Crippen LogP contribution in [-0.2, 0) is 0 Å². The maximum atomic E-state index is 12.1. The third-order valence-corrected chi connectivity index (χ3v) is 2.76. The van der Waals surface area contributed by atoms with Gasteiger partial charge in [0.15, 0.2) is 0 Å². The van der Waals surface area contributed by atoms with Crippen LogP contribution >= 0.6 is 23.2 Å². The highest BCUT2D eigenvalue weighted by molar-refractivity contribution is 6.35. The molecular weight excluding hydrogens is 289 g/mol. The van der Waals surface area contributed by atoms with Gasteiger partial charge in [0, 0.05) is 6.20 Å². The van der Waals surface area contributed by atoms with Crippen LogP contribution in [0.3, 0.4) is 0 Å². The lowest BCUT2D eigenvalue weighted by atomic mass is 10.3. The van der Waals surface area contributed by atoms with E-state index in [9.17, 15) is 4.79 Å². The Kier molecular flexibility index (Phi) is 4.19. The van der Waals surface area contributed by atoms with Gasteiger partial charge in [0.05, 0.1) is 12.1 Å². The minimum atomic E-state index is -0.487. The Morgan fingerprint density at radius 1 is 1.32 bits per heavy atom. The second-order valence-electron chi connectivity index (χ2n) is 3.48. The van der Waals surface area contributed by atoms with Crippen LogP contribution in [0.2, 0.25) is 10.2 Å². The van der Waals surface area contributed by atoms with E-state index in [1.54, 1.807) is 18.3 Å². The summed E-state index contributed by atoms with van der Waals surface area (Å²) in [5.74, 6) is -0.187. The van der Waals surface area contributed by atoms with Gasteiger partial charge < -0.3 is 10.1 Å². The van der Waals surface area contributed by atoms with Crippen LogP contribution in [0.4, 0.5) is 5.69 Å². The molecule has 1 N–H and O–H groups in total. The molecule has 7 heteroatoms. The number of anilines is 1. The highest BCUT2D eigenvalue weighted by Crippen LogP contribution is 2.22.